The number of hydrogen-bond donors (Lipinski definition) is 0. The minimum atomic E-state index is 0.194. The van der Waals surface area contributed by atoms with Gasteiger partial charge in [-0.3, -0.25) is 0 Å². The van der Waals surface area contributed by atoms with Crippen LogP contribution in [0.4, 0.5) is 0 Å². The number of benzene rings is 1. The van der Waals surface area contributed by atoms with Crippen molar-refractivity contribution in [3.8, 4) is 5.75 Å². The Balaban J connectivity index is 2.26. The van der Waals surface area contributed by atoms with Crippen LogP contribution in [-0.2, 0) is 0 Å². The van der Waals surface area contributed by atoms with Gasteiger partial charge in [0.25, 0.3) is 0 Å². The molecule has 0 N–H and O–H groups in total. The molecule has 2 aromatic rings. The van der Waals surface area contributed by atoms with E-state index < -0.39 is 0 Å². The monoisotopic (exact) mass is 269 g/mol. The van der Waals surface area contributed by atoms with E-state index in [4.69, 9.17) is 4.74 Å². The Morgan fingerprint density at radius 3 is 2.93 bits per heavy atom. The molecule has 0 radical (unpaired) electrons. The molecular formula is C11H11NO2Se. The summed E-state index contributed by atoms with van der Waals surface area (Å²) in [7, 11) is 1.63. The number of nitrogens with zero attached hydrogens (tertiary/aromatic N) is 1. The molecule has 0 bridgehead atoms. The first-order valence-corrected chi connectivity index (χ1v) is 6.61. The Kier molecular flexibility index (Phi) is 2.01. The van der Waals surface area contributed by atoms with Crippen molar-refractivity contribution < 1.29 is 4.74 Å². The van der Waals surface area contributed by atoms with Gasteiger partial charge in [0, 0.05) is 0 Å². The Morgan fingerprint density at radius 1 is 1.47 bits per heavy atom. The fourth-order valence-corrected chi connectivity index (χ4v) is 4.06. The third-order valence-corrected chi connectivity index (χ3v) is 5.24. The van der Waals surface area contributed by atoms with Gasteiger partial charge in [0.1, 0.15) is 0 Å². The third kappa shape index (κ3) is 1.45. The fourth-order valence-electron chi connectivity index (χ4n) is 1.70. The van der Waals surface area contributed by atoms with Crippen molar-refractivity contribution in [2.24, 2.45) is 0 Å². The minimum absolute atomic E-state index is 0.194. The summed E-state index contributed by atoms with van der Waals surface area (Å²) in [5, 5.41) is 0.848. The first-order valence-electron chi connectivity index (χ1n) is 4.99. The number of fused-ring (bicyclic) bond motifs is 1. The van der Waals surface area contributed by atoms with Crippen LogP contribution in [0.5, 0.6) is 5.75 Å². The number of rotatable bonds is 2. The Morgan fingerprint density at radius 2 is 2.27 bits per heavy atom. The van der Waals surface area contributed by atoms with E-state index in [1.807, 2.05) is 21.8 Å². The second-order valence-corrected chi connectivity index (χ2v) is 5.95. The average molecular weight is 268 g/mol. The standard InChI is InChI=1S/C11H11NO2Se/c1-14-8-4-5-10-9(6-8)11(13)12(15-10)7-2-3-7/h4-7H,2-3H2,1H3. The van der Waals surface area contributed by atoms with E-state index in [9.17, 15) is 4.79 Å². The second kappa shape index (κ2) is 3.25. The van der Waals surface area contributed by atoms with Crippen LogP contribution in [0.25, 0.3) is 9.65 Å². The Bertz CT molecular complexity index is 565. The number of methoxy groups -OCH3 is 1. The molecule has 1 aromatic carbocycles. The summed E-state index contributed by atoms with van der Waals surface area (Å²) in [4.78, 5) is 12.0. The SMILES string of the molecule is COc1ccc2[se]n(C3CC3)c(=O)c2c1. The van der Waals surface area contributed by atoms with Crippen LogP contribution in [0.2, 0.25) is 0 Å². The van der Waals surface area contributed by atoms with E-state index in [2.05, 4.69) is 0 Å². The van der Waals surface area contributed by atoms with E-state index in [0.717, 1.165) is 11.1 Å². The van der Waals surface area contributed by atoms with Crippen LogP contribution in [0, 0.1) is 0 Å². The fraction of sp³-hybridized carbons (Fsp3) is 0.364. The van der Waals surface area contributed by atoms with Gasteiger partial charge in [-0.25, -0.2) is 0 Å². The first kappa shape index (κ1) is 9.25. The summed E-state index contributed by atoms with van der Waals surface area (Å²) in [6.07, 6.45) is 2.36. The van der Waals surface area contributed by atoms with Gasteiger partial charge in [0.2, 0.25) is 0 Å². The van der Waals surface area contributed by atoms with E-state index in [-0.39, 0.29) is 20.3 Å². The molecule has 0 spiro atoms. The van der Waals surface area contributed by atoms with Gasteiger partial charge in [-0.05, 0) is 0 Å². The van der Waals surface area contributed by atoms with Crippen LogP contribution >= 0.6 is 0 Å². The maximum atomic E-state index is 12.0. The van der Waals surface area contributed by atoms with Crippen molar-refractivity contribution in [2.75, 3.05) is 7.11 Å². The molecule has 1 heterocycles. The van der Waals surface area contributed by atoms with Crippen LogP contribution < -0.4 is 10.3 Å². The van der Waals surface area contributed by atoms with Gasteiger partial charge in [0.05, 0.1) is 0 Å². The molecule has 1 saturated carbocycles. The number of aromatic nitrogens is 1. The average Bonchev–Trinajstić information content (AvgIpc) is 3.05. The van der Waals surface area contributed by atoms with Crippen LogP contribution in [0.1, 0.15) is 18.9 Å². The topological polar surface area (TPSA) is 31.2 Å². The molecule has 1 aliphatic carbocycles. The summed E-state index contributed by atoms with van der Waals surface area (Å²) < 4.78 is 8.37. The summed E-state index contributed by atoms with van der Waals surface area (Å²) >= 11 is 0.194. The van der Waals surface area contributed by atoms with Gasteiger partial charge < -0.3 is 0 Å². The number of hydrogen-bond acceptors (Lipinski definition) is 2. The van der Waals surface area contributed by atoms with Crippen LogP contribution in [0.15, 0.2) is 23.0 Å². The molecule has 15 heavy (non-hydrogen) atoms. The van der Waals surface area contributed by atoms with E-state index >= 15 is 0 Å². The summed E-state index contributed by atoms with van der Waals surface area (Å²) in [5.74, 6) is 0.774. The van der Waals surface area contributed by atoms with Crippen molar-refractivity contribution >= 4 is 24.4 Å². The van der Waals surface area contributed by atoms with Gasteiger partial charge in [0.15, 0.2) is 0 Å². The van der Waals surface area contributed by atoms with Crippen LogP contribution in [-0.4, -0.2) is 25.4 Å². The molecule has 3 rings (SSSR count). The zero-order valence-corrected chi connectivity index (χ0v) is 10.1. The first-order chi connectivity index (χ1) is 7.29. The van der Waals surface area contributed by atoms with E-state index in [0.29, 0.717) is 6.04 Å². The molecule has 0 saturated heterocycles. The molecule has 1 fully saturated rings. The molecule has 4 heteroatoms. The van der Waals surface area contributed by atoms with E-state index in [1.165, 1.54) is 17.1 Å². The molecule has 0 amide bonds. The van der Waals surface area contributed by atoms with Crippen molar-refractivity contribution in [3.05, 3.63) is 28.6 Å². The van der Waals surface area contributed by atoms with Gasteiger partial charge in [-0.2, -0.15) is 0 Å². The maximum absolute atomic E-state index is 12.0. The molecule has 1 aliphatic rings. The summed E-state index contributed by atoms with van der Waals surface area (Å²) in [6, 6.07) is 6.34. The molecule has 78 valence electrons. The van der Waals surface area contributed by atoms with Crippen molar-refractivity contribution in [2.45, 2.75) is 18.9 Å². The molecule has 1 aromatic heterocycles. The predicted molar refractivity (Wildman–Crippen MR) is 60.0 cm³/mol. The molecule has 3 nitrogen and oxygen atoms in total. The van der Waals surface area contributed by atoms with Gasteiger partial charge in [-0.1, -0.05) is 0 Å². The summed E-state index contributed by atoms with van der Waals surface area (Å²) in [6.45, 7) is 0. The molecular weight excluding hydrogens is 257 g/mol. The third-order valence-electron chi connectivity index (χ3n) is 2.69. The van der Waals surface area contributed by atoms with Gasteiger partial charge in [-0.15, -0.1) is 0 Å². The van der Waals surface area contributed by atoms with Gasteiger partial charge >= 0.3 is 93.0 Å². The van der Waals surface area contributed by atoms with E-state index in [1.54, 1.807) is 7.11 Å². The molecule has 0 aliphatic heterocycles. The second-order valence-electron chi connectivity index (χ2n) is 3.82. The van der Waals surface area contributed by atoms with Crippen molar-refractivity contribution in [3.63, 3.8) is 0 Å². The van der Waals surface area contributed by atoms with Crippen LogP contribution in [0.3, 0.4) is 0 Å². The normalized spacial score (nSPS) is 15.8. The zero-order chi connectivity index (χ0) is 10.4. The molecule has 0 unspecified atom stereocenters. The van der Waals surface area contributed by atoms with Crippen molar-refractivity contribution in [1.29, 1.82) is 0 Å². The quantitative estimate of drug-likeness (QED) is 0.771. The summed E-state index contributed by atoms with van der Waals surface area (Å²) in [5.41, 5.74) is 0.200. The molecule has 0 atom stereocenters. The van der Waals surface area contributed by atoms with Crippen molar-refractivity contribution in [1.82, 2.24) is 3.56 Å². The zero-order valence-electron chi connectivity index (χ0n) is 8.40. The Labute approximate surface area is 93.2 Å². The Hall–Kier alpha value is -0.991. The predicted octanol–water partition coefficient (Wildman–Crippen LogP) is 1.40. The number of ether oxygens (including phenoxy) is 1.